The van der Waals surface area contributed by atoms with Gasteiger partial charge in [-0.2, -0.15) is 0 Å². The number of hydrogen-bond acceptors (Lipinski definition) is 5. The van der Waals surface area contributed by atoms with Crippen LogP contribution in [0.4, 0.5) is 4.39 Å². The van der Waals surface area contributed by atoms with Gasteiger partial charge in [0.2, 0.25) is 0 Å². The summed E-state index contributed by atoms with van der Waals surface area (Å²) in [5.41, 5.74) is 0.733. The molecule has 3 rings (SSSR count). The molecular formula is C13H8ClFN4O2. The van der Waals surface area contributed by atoms with Crippen LogP contribution < -0.4 is 0 Å². The first kappa shape index (κ1) is 13.4. The summed E-state index contributed by atoms with van der Waals surface area (Å²) in [4.78, 5) is 15.3. The Morgan fingerprint density at radius 1 is 1.43 bits per heavy atom. The van der Waals surface area contributed by atoms with Crippen molar-refractivity contribution in [1.82, 2.24) is 19.6 Å². The molecule has 0 saturated heterocycles. The van der Waals surface area contributed by atoms with E-state index in [1.165, 1.54) is 36.0 Å². The lowest BCUT2D eigenvalue weighted by Crippen LogP contribution is -2.04. The van der Waals surface area contributed by atoms with Gasteiger partial charge in [-0.3, -0.25) is 9.38 Å². The lowest BCUT2D eigenvalue weighted by Gasteiger charge is -2.05. The van der Waals surface area contributed by atoms with Crippen molar-refractivity contribution in [3.8, 4) is 11.4 Å². The van der Waals surface area contributed by atoms with Gasteiger partial charge >= 0.3 is 5.97 Å². The summed E-state index contributed by atoms with van der Waals surface area (Å²) in [5, 5.41) is 8.04. The Bertz CT molecular complexity index is 849. The second-order valence-electron chi connectivity index (χ2n) is 4.14. The summed E-state index contributed by atoms with van der Waals surface area (Å²) in [6, 6.07) is 2.88. The highest BCUT2D eigenvalue weighted by atomic mass is 35.5. The van der Waals surface area contributed by atoms with E-state index in [1.54, 1.807) is 0 Å². The van der Waals surface area contributed by atoms with E-state index in [2.05, 4.69) is 19.9 Å². The zero-order chi connectivity index (χ0) is 15.0. The van der Waals surface area contributed by atoms with E-state index in [4.69, 9.17) is 11.6 Å². The van der Waals surface area contributed by atoms with Crippen LogP contribution in [0.2, 0.25) is 5.02 Å². The van der Waals surface area contributed by atoms with E-state index >= 15 is 0 Å². The van der Waals surface area contributed by atoms with Crippen LogP contribution in [0.25, 0.3) is 17.0 Å². The SMILES string of the molecule is COC(=O)c1cc(Cl)c2nnc(-c3ccncc3F)n2c1. The largest absolute Gasteiger partial charge is 0.465 e. The number of pyridine rings is 2. The molecule has 0 atom stereocenters. The number of halogens is 2. The van der Waals surface area contributed by atoms with Crippen LogP contribution in [-0.2, 0) is 4.74 Å². The van der Waals surface area contributed by atoms with Crippen molar-refractivity contribution in [3.05, 3.63) is 47.1 Å². The highest BCUT2D eigenvalue weighted by Gasteiger charge is 2.17. The number of carbonyl (C=O) groups is 1. The second-order valence-corrected chi connectivity index (χ2v) is 4.55. The Balaban J connectivity index is 2.28. The Morgan fingerprint density at radius 3 is 2.95 bits per heavy atom. The molecule has 21 heavy (non-hydrogen) atoms. The number of methoxy groups -OCH3 is 1. The zero-order valence-corrected chi connectivity index (χ0v) is 11.5. The number of fused-ring (bicyclic) bond motifs is 1. The first-order valence-electron chi connectivity index (χ1n) is 5.84. The molecule has 0 aliphatic rings. The summed E-state index contributed by atoms with van der Waals surface area (Å²) < 4.78 is 19.9. The molecule has 0 spiro atoms. The third kappa shape index (κ3) is 2.21. The fourth-order valence-corrected chi connectivity index (χ4v) is 2.17. The van der Waals surface area contributed by atoms with E-state index in [0.717, 1.165) is 6.20 Å². The molecule has 0 fully saturated rings. The van der Waals surface area contributed by atoms with E-state index in [-0.39, 0.29) is 22.0 Å². The quantitative estimate of drug-likeness (QED) is 0.680. The van der Waals surface area contributed by atoms with Crippen LogP contribution in [0.15, 0.2) is 30.7 Å². The highest BCUT2D eigenvalue weighted by molar-refractivity contribution is 6.33. The number of rotatable bonds is 2. The van der Waals surface area contributed by atoms with Crippen LogP contribution in [0.5, 0.6) is 0 Å². The van der Waals surface area contributed by atoms with Gasteiger partial charge in [-0.25, -0.2) is 9.18 Å². The van der Waals surface area contributed by atoms with E-state index in [0.29, 0.717) is 5.65 Å². The number of esters is 1. The van der Waals surface area contributed by atoms with Gasteiger partial charge in [0.15, 0.2) is 17.3 Å². The smallest absolute Gasteiger partial charge is 0.339 e. The van der Waals surface area contributed by atoms with Crippen molar-refractivity contribution in [2.75, 3.05) is 7.11 Å². The van der Waals surface area contributed by atoms with E-state index < -0.39 is 11.8 Å². The van der Waals surface area contributed by atoms with Crippen LogP contribution in [0.3, 0.4) is 0 Å². The Labute approximate surface area is 123 Å². The monoisotopic (exact) mass is 306 g/mol. The van der Waals surface area contributed by atoms with Crippen molar-refractivity contribution < 1.29 is 13.9 Å². The maximum absolute atomic E-state index is 13.8. The summed E-state index contributed by atoms with van der Waals surface area (Å²) in [6.45, 7) is 0. The van der Waals surface area contributed by atoms with Crippen LogP contribution in [0.1, 0.15) is 10.4 Å². The van der Waals surface area contributed by atoms with Gasteiger partial charge in [-0.1, -0.05) is 11.6 Å². The Morgan fingerprint density at radius 2 is 2.24 bits per heavy atom. The van der Waals surface area contributed by atoms with Crippen LogP contribution in [0, 0.1) is 5.82 Å². The second kappa shape index (κ2) is 5.10. The van der Waals surface area contributed by atoms with Crippen molar-refractivity contribution >= 4 is 23.2 Å². The predicted molar refractivity (Wildman–Crippen MR) is 72.5 cm³/mol. The lowest BCUT2D eigenvalue weighted by atomic mass is 10.2. The molecule has 0 amide bonds. The number of ether oxygens (including phenoxy) is 1. The topological polar surface area (TPSA) is 69.4 Å². The molecule has 0 saturated carbocycles. The number of carbonyl (C=O) groups excluding carboxylic acids is 1. The Kier molecular flexibility index (Phi) is 3.26. The first-order valence-corrected chi connectivity index (χ1v) is 6.22. The predicted octanol–water partition coefficient (Wildman–Crippen LogP) is 2.37. The van der Waals surface area contributed by atoms with Crippen LogP contribution in [-0.4, -0.2) is 32.7 Å². The van der Waals surface area contributed by atoms with Gasteiger partial charge in [0.05, 0.1) is 29.5 Å². The van der Waals surface area contributed by atoms with E-state index in [1.807, 2.05) is 0 Å². The number of nitrogens with zero attached hydrogens (tertiary/aromatic N) is 4. The maximum Gasteiger partial charge on any atom is 0.339 e. The molecular weight excluding hydrogens is 299 g/mol. The summed E-state index contributed by atoms with van der Waals surface area (Å²) in [7, 11) is 1.26. The first-order chi connectivity index (χ1) is 10.1. The third-order valence-corrected chi connectivity index (χ3v) is 3.17. The molecule has 0 bridgehead atoms. The average Bonchev–Trinajstić information content (AvgIpc) is 2.91. The molecule has 106 valence electrons. The zero-order valence-electron chi connectivity index (χ0n) is 10.7. The highest BCUT2D eigenvalue weighted by Crippen LogP contribution is 2.25. The normalized spacial score (nSPS) is 10.8. The lowest BCUT2D eigenvalue weighted by molar-refractivity contribution is 0.0600. The minimum absolute atomic E-state index is 0.204. The van der Waals surface area contributed by atoms with Gasteiger partial charge in [-0.15, -0.1) is 10.2 Å². The van der Waals surface area contributed by atoms with Gasteiger partial charge < -0.3 is 4.74 Å². The van der Waals surface area contributed by atoms with Crippen molar-refractivity contribution in [2.45, 2.75) is 0 Å². The summed E-state index contributed by atoms with van der Waals surface area (Å²) >= 11 is 6.07. The fourth-order valence-electron chi connectivity index (χ4n) is 1.92. The summed E-state index contributed by atoms with van der Waals surface area (Å²) in [6.07, 6.45) is 3.95. The molecule has 0 radical (unpaired) electrons. The maximum atomic E-state index is 13.8. The van der Waals surface area contributed by atoms with Crippen molar-refractivity contribution in [2.24, 2.45) is 0 Å². The molecule has 0 aliphatic carbocycles. The van der Waals surface area contributed by atoms with Gasteiger partial charge in [0.1, 0.15) is 0 Å². The van der Waals surface area contributed by atoms with Gasteiger partial charge in [-0.05, 0) is 12.1 Å². The number of aromatic nitrogens is 4. The molecule has 0 unspecified atom stereocenters. The molecule has 3 heterocycles. The van der Waals surface area contributed by atoms with Gasteiger partial charge in [0.25, 0.3) is 0 Å². The number of hydrogen-bond donors (Lipinski definition) is 0. The molecule has 3 aromatic heterocycles. The minimum Gasteiger partial charge on any atom is -0.465 e. The van der Waals surface area contributed by atoms with Crippen molar-refractivity contribution in [1.29, 1.82) is 0 Å². The molecule has 3 aromatic rings. The minimum atomic E-state index is -0.561. The summed E-state index contributed by atoms with van der Waals surface area (Å²) in [5.74, 6) is -0.891. The fraction of sp³-hybridized carbons (Fsp3) is 0.0769. The standard InChI is InChI=1S/C13H8ClFN4O2/c1-21-13(20)7-4-9(14)12-18-17-11(19(12)6-7)8-2-3-16-5-10(8)15/h2-6H,1H3. The third-order valence-electron chi connectivity index (χ3n) is 2.89. The Hall–Kier alpha value is -2.54. The molecule has 6 nitrogen and oxygen atoms in total. The van der Waals surface area contributed by atoms with Crippen molar-refractivity contribution in [3.63, 3.8) is 0 Å². The average molecular weight is 307 g/mol. The van der Waals surface area contributed by atoms with Crippen LogP contribution >= 0.6 is 11.6 Å². The van der Waals surface area contributed by atoms with E-state index in [9.17, 15) is 9.18 Å². The molecule has 0 aromatic carbocycles. The molecule has 8 heteroatoms. The molecule has 0 N–H and O–H groups in total. The van der Waals surface area contributed by atoms with Gasteiger partial charge in [0, 0.05) is 12.4 Å². The molecule has 0 aliphatic heterocycles.